The maximum atomic E-state index is 11.9. The van der Waals surface area contributed by atoms with Gasteiger partial charge in [-0.15, -0.1) is 0 Å². The molecule has 0 unspecified atom stereocenters. The monoisotopic (exact) mass is 297 g/mol. The zero-order valence-corrected chi connectivity index (χ0v) is 12.0. The smallest absolute Gasteiger partial charge is 0.300 e. The summed E-state index contributed by atoms with van der Waals surface area (Å²) in [6, 6.07) is 1.18. The number of nitro groups is 1. The van der Waals surface area contributed by atoms with Crippen LogP contribution in [0.15, 0.2) is 12.3 Å². The zero-order valence-electron chi connectivity index (χ0n) is 12.0. The molecular weight excluding hydrogens is 278 g/mol. The van der Waals surface area contributed by atoms with Crippen LogP contribution in [0.25, 0.3) is 0 Å². The molecule has 0 aliphatic heterocycles. The van der Waals surface area contributed by atoms with Gasteiger partial charge in [0.15, 0.2) is 0 Å². The fraction of sp³-hybridized carbons (Fsp3) is 0.500. The van der Waals surface area contributed by atoms with E-state index in [1.54, 1.807) is 0 Å². The number of hydrogen-bond donors (Lipinski definition) is 2. The lowest BCUT2D eigenvalue weighted by atomic mass is 10.2. The van der Waals surface area contributed by atoms with Gasteiger partial charge in [-0.1, -0.05) is 0 Å². The van der Waals surface area contributed by atoms with E-state index in [4.69, 9.17) is 10.5 Å². The van der Waals surface area contributed by atoms with E-state index in [2.05, 4.69) is 10.3 Å². The molecule has 0 saturated heterocycles. The van der Waals surface area contributed by atoms with Crippen LogP contribution in [0.4, 0.5) is 11.5 Å². The summed E-state index contributed by atoms with van der Waals surface area (Å²) in [6.07, 6.45) is 0.970. The number of hydrogen-bond acceptors (Lipinski definition) is 7. The van der Waals surface area contributed by atoms with Gasteiger partial charge in [-0.3, -0.25) is 14.9 Å². The molecule has 0 spiro atoms. The van der Waals surface area contributed by atoms with Crippen molar-refractivity contribution in [3.05, 3.63) is 27.9 Å². The number of anilines is 1. The number of nitrogens with two attached hydrogens (primary N) is 1. The third-order valence-electron chi connectivity index (χ3n) is 2.56. The van der Waals surface area contributed by atoms with Crippen molar-refractivity contribution in [2.45, 2.75) is 0 Å². The normalized spacial score (nSPS) is 10.6. The second-order valence-electron chi connectivity index (χ2n) is 4.55. The highest BCUT2D eigenvalue weighted by Crippen LogP contribution is 2.18. The summed E-state index contributed by atoms with van der Waals surface area (Å²) in [5.74, 6) is -0.528. The van der Waals surface area contributed by atoms with Crippen molar-refractivity contribution in [2.75, 3.05) is 46.1 Å². The Hall–Kier alpha value is -2.26. The first-order valence-electron chi connectivity index (χ1n) is 6.32. The van der Waals surface area contributed by atoms with Gasteiger partial charge in [-0.25, -0.2) is 4.98 Å². The van der Waals surface area contributed by atoms with E-state index < -0.39 is 10.8 Å². The summed E-state index contributed by atoms with van der Waals surface area (Å²) >= 11 is 0. The molecule has 0 bridgehead atoms. The van der Waals surface area contributed by atoms with E-state index in [-0.39, 0.29) is 23.6 Å². The lowest BCUT2D eigenvalue weighted by Crippen LogP contribution is -2.29. The first-order chi connectivity index (χ1) is 9.91. The van der Waals surface area contributed by atoms with E-state index >= 15 is 0 Å². The third kappa shape index (κ3) is 5.71. The van der Waals surface area contributed by atoms with E-state index in [1.165, 1.54) is 6.07 Å². The lowest BCUT2D eigenvalue weighted by Gasteiger charge is -2.10. The van der Waals surface area contributed by atoms with Crippen LogP contribution in [0.3, 0.4) is 0 Å². The Morgan fingerprint density at radius 3 is 2.86 bits per heavy atom. The molecule has 1 aromatic heterocycles. The van der Waals surface area contributed by atoms with Gasteiger partial charge in [-0.2, -0.15) is 0 Å². The molecule has 3 N–H and O–H groups in total. The molecule has 0 fully saturated rings. The number of nitrogen functional groups attached to an aromatic ring is 1. The van der Waals surface area contributed by atoms with Crippen LogP contribution in [-0.4, -0.2) is 61.1 Å². The molecule has 1 heterocycles. The van der Waals surface area contributed by atoms with Crippen LogP contribution < -0.4 is 11.1 Å². The molecule has 0 radical (unpaired) electrons. The first kappa shape index (κ1) is 16.8. The van der Waals surface area contributed by atoms with Gasteiger partial charge < -0.3 is 20.7 Å². The van der Waals surface area contributed by atoms with Gasteiger partial charge in [0, 0.05) is 13.1 Å². The second kappa shape index (κ2) is 8.12. The standard InChI is InChI=1S/C12H19N5O4/c1-16(2)4-6-21-5-3-14-12(18)9-7-11(13)15-8-10(9)17(19)20/h7-8H,3-6H2,1-2H3,(H2,13,15)(H,14,18). The highest BCUT2D eigenvalue weighted by molar-refractivity contribution is 5.98. The molecule has 116 valence electrons. The highest BCUT2D eigenvalue weighted by atomic mass is 16.6. The van der Waals surface area contributed by atoms with Crippen LogP contribution in [0.1, 0.15) is 10.4 Å². The Morgan fingerprint density at radius 2 is 2.24 bits per heavy atom. The average Bonchev–Trinajstić information content (AvgIpc) is 2.41. The van der Waals surface area contributed by atoms with Gasteiger partial charge >= 0.3 is 0 Å². The summed E-state index contributed by atoms with van der Waals surface area (Å²) in [5.41, 5.74) is 4.96. The second-order valence-corrected chi connectivity index (χ2v) is 4.55. The molecule has 1 amide bonds. The number of carbonyl (C=O) groups excluding carboxylic acids is 1. The molecule has 9 heteroatoms. The number of carbonyl (C=O) groups is 1. The highest BCUT2D eigenvalue weighted by Gasteiger charge is 2.20. The third-order valence-corrected chi connectivity index (χ3v) is 2.56. The van der Waals surface area contributed by atoms with Crippen molar-refractivity contribution in [1.29, 1.82) is 0 Å². The number of nitrogens with one attached hydrogen (secondary N) is 1. The molecule has 0 saturated carbocycles. The predicted molar refractivity (Wildman–Crippen MR) is 77.0 cm³/mol. The van der Waals surface area contributed by atoms with Crippen molar-refractivity contribution in [3.63, 3.8) is 0 Å². The fourth-order valence-corrected chi connectivity index (χ4v) is 1.47. The number of ether oxygens (including phenoxy) is 1. The number of likely N-dealkylation sites (N-methyl/N-ethyl adjacent to an activating group) is 1. The van der Waals surface area contributed by atoms with Gasteiger partial charge in [0.1, 0.15) is 17.6 Å². The number of amides is 1. The number of rotatable bonds is 8. The first-order valence-corrected chi connectivity index (χ1v) is 6.32. The molecule has 0 aromatic carbocycles. The van der Waals surface area contributed by atoms with Crippen LogP contribution in [-0.2, 0) is 4.74 Å². The Balaban J connectivity index is 2.49. The Morgan fingerprint density at radius 1 is 1.52 bits per heavy atom. The predicted octanol–water partition coefficient (Wildman–Crippen LogP) is -0.120. The van der Waals surface area contributed by atoms with E-state index in [0.717, 1.165) is 12.7 Å². The zero-order chi connectivity index (χ0) is 15.8. The van der Waals surface area contributed by atoms with Crippen molar-refractivity contribution < 1.29 is 14.5 Å². The molecule has 1 rings (SSSR count). The maximum Gasteiger partial charge on any atom is 0.300 e. The molecule has 0 aliphatic rings. The molecular formula is C12H19N5O4. The van der Waals surface area contributed by atoms with Crippen molar-refractivity contribution in [3.8, 4) is 0 Å². The van der Waals surface area contributed by atoms with E-state index in [0.29, 0.717) is 13.2 Å². The van der Waals surface area contributed by atoms with Gasteiger partial charge in [-0.05, 0) is 20.2 Å². The number of nitrogens with zero attached hydrogens (tertiary/aromatic N) is 3. The van der Waals surface area contributed by atoms with Crippen molar-refractivity contribution in [2.24, 2.45) is 0 Å². The van der Waals surface area contributed by atoms with Gasteiger partial charge in [0.25, 0.3) is 11.6 Å². The molecule has 9 nitrogen and oxygen atoms in total. The van der Waals surface area contributed by atoms with Crippen LogP contribution in [0, 0.1) is 10.1 Å². The topological polar surface area (TPSA) is 124 Å². The largest absolute Gasteiger partial charge is 0.384 e. The van der Waals surface area contributed by atoms with Gasteiger partial charge in [0.05, 0.1) is 18.1 Å². The van der Waals surface area contributed by atoms with Crippen molar-refractivity contribution in [1.82, 2.24) is 15.2 Å². The summed E-state index contributed by atoms with van der Waals surface area (Å²) in [4.78, 5) is 27.6. The van der Waals surface area contributed by atoms with E-state index in [1.807, 2.05) is 19.0 Å². The van der Waals surface area contributed by atoms with Crippen LogP contribution >= 0.6 is 0 Å². The maximum absolute atomic E-state index is 11.9. The minimum atomic E-state index is -0.672. The summed E-state index contributed by atoms with van der Waals surface area (Å²) in [7, 11) is 3.86. The molecule has 1 aromatic rings. The Labute approximate surface area is 122 Å². The lowest BCUT2D eigenvalue weighted by molar-refractivity contribution is -0.385. The van der Waals surface area contributed by atoms with Crippen molar-refractivity contribution >= 4 is 17.4 Å². The fourth-order valence-electron chi connectivity index (χ4n) is 1.47. The molecule has 0 aliphatic carbocycles. The minimum Gasteiger partial charge on any atom is -0.384 e. The summed E-state index contributed by atoms with van der Waals surface area (Å²) in [6.45, 7) is 1.91. The molecule has 0 atom stereocenters. The van der Waals surface area contributed by atoms with E-state index in [9.17, 15) is 14.9 Å². The quantitative estimate of drug-likeness (QED) is 0.389. The van der Waals surface area contributed by atoms with Gasteiger partial charge in [0.2, 0.25) is 0 Å². The average molecular weight is 297 g/mol. The Bertz CT molecular complexity index is 506. The number of aromatic nitrogens is 1. The molecule has 21 heavy (non-hydrogen) atoms. The van der Waals surface area contributed by atoms with Crippen LogP contribution in [0.2, 0.25) is 0 Å². The summed E-state index contributed by atoms with van der Waals surface area (Å²) < 4.78 is 5.30. The minimum absolute atomic E-state index is 0.0491. The summed E-state index contributed by atoms with van der Waals surface area (Å²) in [5, 5.41) is 13.4. The number of pyridine rings is 1. The SMILES string of the molecule is CN(C)CCOCCNC(=O)c1cc(N)ncc1[N+](=O)[O-]. The van der Waals surface area contributed by atoms with Crippen LogP contribution in [0.5, 0.6) is 0 Å². The Kier molecular flexibility index (Phi) is 6.50.